The van der Waals surface area contributed by atoms with Crippen molar-refractivity contribution in [3.63, 3.8) is 0 Å². The van der Waals surface area contributed by atoms with Crippen LogP contribution in [0.25, 0.3) is 10.9 Å². The largest absolute Gasteiger partial charge is 0.347 e. The fourth-order valence-electron chi connectivity index (χ4n) is 2.44. The van der Waals surface area contributed by atoms with Gasteiger partial charge in [0.1, 0.15) is 5.82 Å². The van der Waals surface area contributed by atoms with Crippen LogP contribution in [0, 0.1) is 0 Å². The maximum atomic E-state index is 4.62. The van der Waals surface area contributed by atoms with E-state index in [0.717, 1.165) is 23.5 Å². The van der Waals surface area contributed by atoms with Crippen LogP contribution in [0.15, 0.2) is 36.7 Å². The Hall–Kier alpha value is -2.14. The number of rotatable bonds is 4. The molecule has 1 unspecified atom stereocenters. The number of aromatic amines is 1. The lowest BCUT2D eigenvalue weighted by Gasteiger charge is -2.12. The SMILES string of the molecule is CNC(Cc1nn(C)c2ccccc12)c1ncc[nH]1. The van der Waals surface area contributed by atoms with E-state index in [1.165, 1.54) is 5.39 Å². The lowest BCUT2D eigenvalue weighted by atomic mass is 10.1. The number of fused-ring (bicyclic) bond motifs is 1. The van der Waals surface area contributed by atoms with Gasteiger partial charge in [-0.1, -0.05) is 18.2 Å². The van der Waals surface area contributed by atoms with Gasteiger partial charge in [0.2, 0.25) is 0 Å². The van der Waals surface area contributed by atoms with Gasteiger partial charge in [0, 0.05) is 31.2 Å². The molecule has 0 aliphatic rings. The number of aromatic nitrogens is 4. The van der Waals surface area contributed by atoms with Crippen LogP contribution in [-0.4, -0.2) is 26.8 Å². The second kappa shape index (κ2) is 4.85. The van der Waals surface area contributed by atoms with E-state index in [1.807, 2.05) is 31.0 Å². The summed E-state index contributed by atoms with van der Waals surface area (Å²) in [6.07, 6.45) is 4.43. The first-order chi connectivity index (χ1) is 9.29. The van der Waals surface area contributed by atoms with E-state index < -0.39 is 0 Å². The van der Waals surface area contributed by atoms with Gasteiger partial charge in [-0.15, -0.1) is 0 Å². The quantitative estimate of drug-likeness (QED) is 0.747. The van der Waals surface area contributed by atoms with Crippen LogP contribution in [0.2, 0.25) is 0 Å². The number of hydrogen-bond acceptors (Lipinski definition) is 3. The standard InChI is InChI=1S/C14H17N5/c1-15-12(14-16-7-8-17-14)9-11-10-5-3-4-6-13(10)19(2)18-11/h3-8,12,15H,9H2,1-2H3,(H,16,17). The van der Waals surface area contributed by atoms with E-state index in [4.69, 9.17) is 0 Å². The molecule has 2 aromatic heterocycles. The number of nitrogens with zero attached hydrogens (tertiary/aromatic N) is 3. The summed E-state index contributed by atoms with van der Waals surface area (Å²) < 4.78 is 1.93. The molecular formula is C14H17N5. The number of hydrogen-bond donors (Lipinski definition) is 2. The summed E-state index contributed by atoms with van der Waals surface area (Å²) in [4.78, 5) is 7.47. The molecule has 2 N–H and O–H groups in total. The zero-order chi connectivity index (χ0) is 13.2. The Morgan fingerprint density at radius 2 is 2.21 bits per heavy atom. The summed E-state index contributed by atoms with van der Waals surface area (Å²) in [6, 6.07) is 8.44. The van der Waals surface area contributed by atoms with Crippen molar-refractivity contribution in [3.05, 3.63) is 48.2 Å². The van der Waals surface area contributed by atoms with Gasteiger partial charge in [-0.25, -0.2) is 4.98 Å². The molecule has 1 atom stereocenters. The highest BCUT2D eigenvalue weighted by Crippen LogP contribution is 2.22. The molecule has 0 amide bonds. The number of para-hydroxylation sites is 1. The zero-order valence-corrected chi connectivity index (χ0v) is 11.1. The highest BCUT2D eigenvalue weighted by molar-refractivity contribution is 5.81. The number of nitrogens with one attached hydrogen (secondary N) is 2. The first kappa shape index (κ1) is 11.9. The summed E-state index contributed by atoms with van der Waals surface area (Å²) in [7, 11) is 3.92. The third-order valence-corrected chi connectivity index (χ3v) is 3.43. The smallest absolute Gasteiger partial charge is 0.123 e. The van der Waals surface area contributed by atoms with Crippen molar-refractivity contribution in [1.82, 2.24) is 25.1 Å². The first-order valence-electron chi connectivity index (χ1n) is 6.36. The Morgan fingerprint density at radius 3 is 2.95 bits per heavy atom. The molecule has 0 fully saturated rings. The number of aryl methyl sites for hydroxylation is 1. The molecule has 0 spiro atoms. The van der Waals surface area contributed by atoms with E-state index in [9.17, 15) is 0 Å². The van der Waals surface area contributed by atoms with Gasteiger partial charge in [-0.05, 0) is 13.1 Å². The lowest BCUT2D eigenvalue weighted by molar-refractivity contribution is 0.553. The predicted molar refractivity (Wildman–Crippen MR) is 74.8 cm³/mol. The molecule has 5 heteroatoms. The summed E-state index contributed by atoms with van der Waals surface area (Å²) in [5.74, 6) is 0.942. The summed E-state index contributed by atoms with van der Waals surface area (Å²) in [5, 5.41) is 9.11. The molecule has 1 aromatic carbocycles. The highest BCUT2D eigenvalue weighted by atomic mass is 15.3. The molecule has 0 aliphatic carbocycles. The number of likely N-dealkylation sites (N-methyl/N-ethyl adjacent to an activating group) is 1. The highest BCUT2D eigenvalue weighted by Gasteiger charge is 2.16. The monoisotopic (exact) mass is 255 g/mol. The molecule has 0 aliphatic heterocycles. The van der Waals surface area contributed by atoms with Gasteiger partial charge in [0.05, 0.1) is 17.3 Å². The topological polar surface area (TPSA) is 58.5 Å². The van der Waals surface area contributed by atoms with Crippen LogP contribution >= 0.6 is 0 Å². The minimum atomic E-state index is 0.147. The van der Waals surface area contributed by atoms with Crippen molar-refractivity contribution < 1.29 is 0 Å². The third kappa shape index (κ3) is 2.13. The Balaban J connectivity index is 1.97. The van der Waals surface area contributed by atoms with Gasteiger partial charge < -0.3 is 10.3 Å². The molecule has 19 heavy (non-hydrogen) atoms. The van der Waals surface area contributed by atoms with Crippen LogP contribution < -0.4 is 5.32 Å². The third-order valence-electron chi connectivity index (χ3n) is 3.43. The summed E-state index contributed by atoms with van der Waals surface area (Å²) in [5.41, 5.74) is 2.25. The maximum Gasteiger partial charge on any atom is 0.123 e. The second-order valence-electron chi connectivity index (χ2n) is 4.61. The molecule has 0 radical (unpaired) electrons. The van der Waals surface area contributed by atoms with Crippen molar-refractivity contribution in [2.45, 2.75) is 12.5 Å². The molecule has 0 saturated carbocycles. The predicted octanol–water partition coefficient (Wildman–Crippen LogP) is 1.80. The maximum absolute atomic E-state index is 4.62. The second-order valence-corrected chi connectivity index (χ2v) is 4.61. The Morgan fingerprint density at radius 1 is 1.37 bits per heavy atom. The number of benzene rings is 1. The molecule has 0 saturated heterocycles. The fourth-order valence-corrected chi connectivity index (χ4v) is 2.44. The minimum Gasteiger partial charge on any atom is -0.347 e. The van der Waals surface area contributed by atoms with Crippen LogP contribution in [0.1, 0.15) is 17.6 Å². The molecule has 2 heterocycles. The van der Waals surface area contributed by atoms with E-state index in [2.05, 4.69) is 38.6 Å². The van der Waals surface area contributed by atoms with Crippen LogP contribution in [0.4, 0.5) is 0 Å². The van der Waals surface area contributed by atoms with Gasteiger partial charge in [0.15, 0.2) is 0 Å². The van der Waals surface area contributed by atoms with E-state index >= 15 is 0 Å². The number of imidazole rings is 1. The summed E-state index contributed by atoms with van der Waals surface area (Å²) >= 11 is 0. The first-order valence-corrected chi connectivity index (χ1v) is 6.36. The molecule has 3 rings (SSSR count). The number of H-pyrrole nitrogens is 1. The van der Waals surface area contributed by atoms with Crippen molar-refractivity contribution in [1.29, 1.82) is 0 Å². The Labute approximate surface area is 111 Å². The van der Waals surface area contributed by atoms with Crippen molar-refractivity contribution in [2.24, 2.45) is 7.05 Å². The van der Waals surface area contributed by atoms with Gasteiger partial charge in [0.25, 0.3) is 0 Å². The van der Waals surface area contributed by atoms with Gasteiger partial charge >= 0.3 is 0 Å². The van der Waals surface area contributed by atoms with Crippen LogP contribution in [0.5, 0.6) is 0 Å². The van der Waals surface area contributed by atoms with Gasteiger partial charge in [-0.3, -0.25) is 4.68 Å². The molecule has 3 aromatic rings. The Kier molecular flexibility index (Phi) is 3.05. The average Bonchev–Trinajstić information content (AvgIpc) is 3.06. The van der Waals surface area contributed by atoms with Gasteiger partial charge in [-0.2, -0.15) is 5.10 Å². The molecule has 98 valence electrons. The fraction of sp³-hybridized carbons (Fsp3) is 0.286. The van der Waals surface area contributed by atoms with E-state index in [1.54, 1.807) is 6.20 Å². The molecule has 5 nitrogen and oxygen atoms in total. The normalized spacial score (nSPS) is 12.9. The van der Waals surface area contributed by atoms with Crippen LogP contribution in [0.3, 0.4) is 0 Å². The van der Waals surface area contributed by atoms with Crippen molar-refractivity contribution in [3.8, 4) is 0 Å². The van der Waals surface area contributed by atoms with E-state index in [0.29, 0.717) is 0 Å². The molecular weight excluding hydrogens is 238 g/mol. The lowest BCUT2D eigenvalue weighted by Crippen LogP contribution is -2.20. The van der Waals surface area contributed by atoms with E-state index in [-0.39, 0.29) is 6.04 Å². The zero-order valence-electron chi connectivity index (χ0n) is 11.1. The minimum absolute atomic E-state index is 0.147. The van der Waals surface area contributed by atoms with Crippen molar-refractivity contribution in [2.75, 3.05) is 7.05 Å². The summed E-state index contributed by atoms with van der Waals surface area (Å²) in [6.45, 7) is 0. The van der Waals surface area contributed by atoms with Crippen LogP contribution in [-0.2, 0) is 13.5 Å². The Bertz CT molecular complexity index is 668. The molecule has 0 bridgehead atoms. The van der Waals surface area contributed by atoms with Crippen molar-refractivity contribution >= 4 is 10.9 Å². The average molecular weight is 255 g/mol.